The molecule has 0 spiro atoms. The Labute approximate surface area is 108 Å². The normalized spacial score (nSPS) is 14.4. The van der Waals surface area contributed by atoms with Crippen LogP contribution in [0.15, 0.2) is 0 Å². The second-order valence-electron chi connectivity index (χ2n) is 6.35. The standard InChI is InChI=1S/C14H29NOSi/c1-7-8-9-10-11-13(12-15)16-17(5,6)14(2,3)4/h13H,7-11H2,1-6H3. The van der Waals surface area contributed by atoms with Crippen molar-refractivity contribution in [2.75, 3.05) is 0 Å². The molecule has 2 nitrogen and oxygen atoms in total. The van der Waals surface area contributed by atoms with Crippen molar-refractivity contribution < 1.29 is 4.43 Å². The Hall–Kier alpha value is -0.333. The summed E-state index contributed by atoms with van der Waals surface area (Å²) >= 11 is 0. The van der Waals surface area contributed by atoms with Crippen molar-refractivity contribution in [2.24, 2.45) is 0 Å². The van der Waals surface area contributed by atoms with Gasteiger partial charge in [0.2, 0.25) is 0 Å². The number of rotatable bonds is 7. The van der Waals surface area contributed by atoms with Gasteiger partial charge in [-0.05, 0) is 31.0 Å². The Bertz CT molecular complexity index is 250. The van der Waals surface area contributed by atoms with Crippen molar-refractivity contribution in [1.29, 1.82) is 5.26 Å². The highest BCUT2D eigenvalue weighted by Gasteiger charge is 2.39. The summed E-state index contributed by atoms with van der Waals surface area (Å²) in [6.45, 7) is 13.3. The lowest BCUT2D eigenvalue weighted by atomic mass is 10.1. The van der Waals surface area contributed by atoms with E-state index >= 15 is 0 Å². The average Bonchev–Trinajstić information content (AvgIpc) is 2.20. The maximum Gasteiger partial charge on any atom is 0.193 e. The van der Waals surface area contributed by atoms with Gasteiger partial charge in [-0.3, -0.25) is 0 Å². The number of nitriles is 1. The molecule has 0 aromatic carbocycles. The molecule has 0 aromatic rings. The molecule has 100 valence electrons. The smallest absolute Gasteiger partial charge is 0.193 e. The van der Waals surface area contributed by atoms with Crippen molar-refractivity contribution in [3.63, 3.8) is 0 Å². The van der Waals surface area contributed by atoms with E-state index in [9.17, 15) is 0 Å². The number of unbranched alkanes of at least 4 members (excludes halogenated alkanes) is 3. The van der Waals surface area contributed by atoms with Gasteiger partial charge >= 0.3 is 0 Å². The van der Waals surface area contributed by atoms with E-state index in [2.05, 4.69) is 46.9 Å². The Kier molecular flexibility index (Phi) is 7.04. The number of hydrogen-bond acceptors (Lipinski definition) is 2. The summed E-state index contributed by atoms with van der Waals surface area (Å²) in [5, 5.41) is 9.34. The van der Waals surface area contributed by atoms with Gasteiger partial charge in [0.25, 0.3) is 0 Å². The fraction of sp³-hybridized carbons (Fsp3) is 0.929. The first-order valence-electron chi connectivity index (χ1n) is 6.82. The lowest BCUT2D eigenvalue weighted by molar-refractivity contribution is 0.217. The zero-order valence-electron chi connectivity index (χ0n) is 12.5. The molecule has 0 aliphatic rings. The van der Waals surface area contributed by atoms with Crippen molar-refractivity contribution in [2.45, 2.75) is 84.0 Å². The van der Waals surface area contributed by atoms with Gasteiger partial charge in [0.15, 0.2) is 8.32 Å². The summed E-state index contributed by atoms with van der Waals surface area (Å²) in [5.41, 5.74) is 0. The molecule has 0 aliphatic heterocycles. The van der Waals surface area contributed by atoms with E-state index in [0.29, 0.717) is 0 Å². The maximum absolute atomic E-state index is 9.16. The van der Waals surface area contributed by atoms with Crippen LogP contribution in [0, 0.1) is 11.3 Å². The molecular formula is C14H29NOSi. The molecule has 0 saturated carbocycles. The molecule has 0 fully saturated rings. The van der Waals surface area contributed by atoms with Gasteiger partial charge in [0, 0.05) is 0 Å². The zero-order chi connectivity index (χ0) is 13.5. The van der Waals surface area contributed by atoms with Gasteiger partial charge in [-0.1, -0.05) is 47.0 Å². The first kappa shape index (κ1) is 16.7. The maximum atomic E-state index is 9.16. The Balaban J connectivity index is 4.18. The lowest BCUT2D eigenvalue weighted by Crippen LogP contribution is -2.43. The minimum Gasteiger partial charge on any atom is -0.401 e. The Morgan fingerprint density at radius 3 is 2.18 bits per heavy atom. The van der Waals surface area contributed by atoms with Crippen LogP contribution >= 0.6 is 0 Å². The lowest BCUT2D eigenvalue weighted by Gasteiger charge is -2.37. The van der Waals surface area contributed by atoms with Gasteiger partial charge in [0.05, 0.1) is 6.07 Å². The van der Waals surface area contributed by atoms with Crippen molar-refractivity contribution in [1.82, 2.24) is 0 Å². The van der Waals surface area contributed by atoms with E-state index in [1.54, 1.807) is 0 Å². The van der Waals surface area contributed by atoms with E-state index in [1.807, 2.05) is 0 Å². The van der Waals surface area contributed by atoms with E-state index in [4.69, 9.17) is 9.69 Å². The fourth-order valence-corrected chi connectivity index (χ4v) is 2.67. The molecule has 0 N–H and O–H groups in total. The monoisotopic (exact) mass is 255 g/mol. The third-order valence-electron chi connectivity index (χ3n) is 3.71. The molecule has 0 heterocycles. The molecule has 1 atom stereocenters. The molecular weight excluding hydrogens is 226 g/mol. The summed E-state index contributed by atoms with van der Waals surface area (Å²) in [4.78, 5) is 0. The van der Waals surface area contributed by atoms with Crippen LogP contribution in [-0.4, -0.2) is 14.4 Å². The Morgan fingerprint density at radius 1 is 1.18 bits per heavy atom. The zero-order valence-corrected chi connectivity index (χ0v) is 13.5. The van der Waals surface area contributed by atoms with Gasteiger partial charge in [0.1, 0.15) is 6.10 Å². The average molecular weight is 255 g/mol. The van der Waals surface area contributed by atoms with Crippen LogP contribution in [0.25, 0.3) is 0 Å². The summed E-state index contributed by atoms with van der Waals surface area (Å²) in [6, 6.07) is 2.32. The van der Waals surface area contributed by atoms with Crippen LogP contribution in [0.4, 0.5) is 0 Å². The number of hydrogen-bond donors (Lipinski definition) is 0. The minimum atomic E-state index is -1.78. The molecule has 0 saturated heterocycles. The molecule has 0 amide bonds. The minimum absolute atomic E-state index is 0.186. The second kappa shape index (κ2) is 7.18. The summed E-state index contributed by atoms with van der Waals surface area (Å²) < 4.78 is 6.11. The van der Waals surface area contributed by atoms with Crippen LogP contribution in [0.5, 0.6) is 0 Å². The SMILES string of the molecule is CCCCCCC(C#N)O[Si](C)(C)C(C)(C)C. The third-order valence-corrected chi connectivity index (χ3v) is 8.19. The van der Waals surface area contributed by atoms with Gasteiger partial charge in [-0.2, -0.15) is 5.26 Å². The highest BCUT2D eigenvalue weighted by molar-refractivity contribution is 6.74. The van der Waals surface area contributed by atoms with E-state index < -0.39 is 8.32 Å². The van der Waals surface area contributed by atoms with Crippen LogP contribution in [0.2, 0.25) is 18.1 Å². The second-order valence-corrected chi connectivity index (χ2v) is 11.1. The topological polar surface area (TPSA) is 33.0 Å². The summed E-state index contributed by atoms with van der Waals surface area (Å²) in [5.74, 6) is 0. The first-order valence-corrected chi connectivity index (χ1v) is 9.73. The predicted octanol–water partition coefficient (Wildman–Crippen LogP) is 4.87. The third kappa shape index (κ3) is 6.23. The summed E-state index contributed by atoms with van der Waals surface area (Å²) in [6.07, 6.45) is 5.52. The molecule has 17 heavy (non-hydrogen) atoms. The van der Waals surface area contributed by atoms with Crippen molar-refractivity contribution in [3.8, 4) is 6.07 Å². The van der Waals surface area contributed by atoms with Crippen molar-refractivity contribution in [3.05, 3.63) is 0 Å². The molecule has 0 aliphatic carbocycles. The molecule has 0 radical (unpaired) electrons. The largest absolute Gasteiger partial charge is 0.401 e. The van der Waals surface area contributed by atoms with Gasteiger partial charge in [-0.25, -0.2) is 0 Å². The molecule has 3 heteroatoms. The van der Waals surface area contributed by atoms with Crippen LogP contribution in [-0.2, 0) is 4.43 Å². The number of nitrogens with zero attached hydrogens (tertiary/aromatic N) is 1. The highest BCUT2D eigenvalue weighted by Crippen LogP contribution is 2.37. The van der Waals surface area contributed by atoms with Crippen LogP contribution in [0.3, 0.4) is 0 Å². The predicted molar refractivity (Wildman–Crippen MR) is 76.4 cm³/mol. The van der Waals surface area contributed by atoms with Crippen LogP contribution in [0.1, 0.15) is 59.8 Å². The Morgan fingerprint density at radius 2 is 1.76 bits per heavy atom. The fourth-order valence-electron chi connectivity index (χ4n) is 1.44. The van der Waals surface area contributed by atoms with Gasteiger partial charge in [-0.15, -0.1) is 0 Å². The quantitative estimate of drug-likeness (QED) is 0.480. The highest BCUT2D eigenvalue weighted by atomic mass is 28.4. The summed E-state index contributed by atoms with van der Waals surface area (Å²) in [7, 11) is -1.78. The van der Waals surface area contributed by atoms with Crippen molar-refractivity contribution >= 4 is 8.32 Å². The van der Waals surface area contributed by atoms with E-state index in [0.717, 1.165) is 12.8 Å². The van der Waals surface area contributed by atoms with Gasteiger partial charge < -0.3 is 4.43 Å². The molecule has 0 rings (SSSR count). The van der Waals surface area contributed by atoms with Crippen LogP contribution < -0.4 is 0 Å². The molecule has 0 bridgehead atoms. The first-order chi connectivity index (χ1) is 7.74. The van der Waals surface area contributed by atoms with E-state index in [1.165, 1.54) is 19.3 Å². The van der Waals surface area contributed by atoms with E-state index in [-0.39, 0.29) is 11.1 Å². The molecule has 1 unspecified atom stereocenters. The molecule has 0 aromatic heterocycles.